The van der Waals surface area contributed by atoms with Gasteiger partial charge in [-0.1, -0.05) is 0 Å². The summed E-state index contributed by atoms with van der Waals surface area (Å²) in [4.78, 5) is 7.95. The third-order valence-corrected chi connectivity index (χ3v) is 2.37. The van der Waals surface area contributed by atoms with E-state index >= 15 is 0 Å². The van der Waals surface area contributed by atoms with E-state index in [1.807, 2.05) is 0 Å². The number of halogens is 2. The molecule has 100 valence electrons. The lowest BCUT2D eigenvalue weighted by molar-refractivity contribution is 0.415. The second-order valence-corrected chi connectivity index (χ2v) is 3.64. The van der Waals surface area contributed by atoms with Crippen LogP contribution in [0.5, 0.6) is 5.75 Å². The Morgan fingerprint density at radius 2 is 1.68 bits per heavy atom. The molecule has 0 spiro atoms. The predicted octanol–water partition coefficient (Wildman–Crippen LogP) is 2.55. The molecule has 0 bridgehead atoms. The lowest BCUT2D eigenvalue weighted by Gasteiger charge is -2.12. The van der Waals surface area contributed by atoms with Gasteiger partial charge in [0.15, 0.2) is 11.6 Å². The molecule has 0 atom stereocenters. The van der Waals surface area contributed by atoms with Gasteiger partial charge in [-0.3, -0.25) is 0 Å². The van der Waals surface area contributed by atoms with E-state index in [4.69, 9.17) is 4.74 Å². The summed E-state index contributed by atoms with van der Waals surface area (Å²) in [5.41, 5.74) is 0.233. The van der Waals surface area contributed by atoms with Crippen LogP contribution < -0.4 is 15.4 Å². The summed E-state index contributed by atoms with van der Waals surface area (Å²) in [5, 5.41) is 5.61. The van der Waals surface area contributed by atoms with Crippen molar-refractivity contribution in [2.24, 2.45) is 0 Å². The van der Waals surface area contributed by atoms with Crippen LogP contribution in [0.15, 0.2) is 24.5 Å². The van der Waals surface area contributed by atoms with Gasteiger partial charge in [0.25, 0.3) is 0 Å². The molecule has 0 aliphatic heterocycles. The monoisotopic (exact) mass is 266 g/mol. The normalized spacial score (nSPS) is 10.1. The minimum atomic E-state index is -0.677. The van der Waals surface area contributed by atoms with Gasteiger partial charge >= 0.3 is 0 Å². The highest BCUT2D eigenvalue weighted by Crippen LogP contribution is 2.31. The van der Waals surface area contributed by atoms with Gasteiger partial charge in [-0.25, -0.2) is 18.7 Å². The second-order valence-electron chi connectivity index (χ2n) is 3.64. The molecule has 0 unspecified atom stereocenters. The van der Waals surface area contributed by atoms with Crippen molar-refractivity contribution in [3.63, 3.8) is 0 Å². The topological polar surface area (TPSA) is 59.1 Å². The molecule has 2 aromatic rings. The first-order chi connectivity index (χ1) is 9.13. The Bertz CT molecular complexity index is 572. The van der Waals surface area contributed by atoms with Crippen molar-refractivity contribution in [2.45, 2.75) is 0 Å². The van der Waals surface area contributed by atoms with Crippen LogP contribution in [-0.2, 0) is 0 Å². The number of hydrogen-bond acceptors (Lipinski definition) is 5. The average molecular weight is 266 g/mol. The Kier molecular flexibility index (Phi) is 3.74. The lowest BCUT2D eigenvalue weighted by Crippen LogP contribution is -2.03. The van der Waals surface area contributed by atoms with Gasteiger partial charge in [0, 0.05) is 18.8 Å². The molecule has 2 N–H and O–H groups in total. The molecule has 0 fully saturated rings. The molecular formula is C12H12F2N4O. The van der Waals surface area contributed by atoms with Crippen LogP contribution in [0.4, 0.5) is 26.1 Å². The highest BCUT2D eigenvalue weighted by Gasteiger charge is 2.11. The molecule has 0 aliphatic carbocycles. The van der Waals surface area contributed by atoms with E-state index in [0.717, 1.165) is 18.2 Å². The van der Waals surface area contributed by atoms with Crippen LogP contribution in [0.2, 0.25) is 0 Å². The van der Waals surface area contributed by atoms with Crippen LogP contribution >= 0.6 is 0 Å². The van der Waals surface area contributed by atoms with Gasteiger partial charge in [-0.05, 0) is 12.1 Å². The maximum atomic E-state index is 13.1. The van der Waals surface area contributed by atoms with Crippen LogP contribution in [0.3, 0.4) is 0 Å². The maximum absolute atomic E-state index is 13.1. The van der Waals surface area contributed by atoms with Crippen molar-refractivity contribution >= 4 is 17.3 Å². The molecule has 1 aromatic carbocycles. The number of anilines is 3. The zero-order chi connectivity index (χ0) is 13.8. The third kappa shape index (κ3) is 2.87. The Morgan fingerprint density at radius 3 is 2.26 bits per heavy atom. The summed E-state index contributed by atoms with van der Waals surface area (Å²) >= 11 is 0. The summed E-state index contributed by atoms with van der Waals surface area (Å²) in [6.45, 7) is 0. The molecule has 1 heterocycles. The fourth-order valence-electron chi connectivity index (χ4n) is 1.60. The molecule has 0 saturated heterocycles. The van der Waals surface area contributed by atoms with Gasteiger partial charge in [-0.2, -0.15) is 0 Å². The summed E-state index contributed by atoms with van der Waals surface area (Å²) in [6, 6.07) is 3.11. The van der Waals surface area contributed by atoms with E-state index < -0.39 is 11.6 Å². The summed E-state index contributed by atoms with van der Waals surface area (Å²) in [6.07, 6.45) is 1.31. The fourth-order valence-corrected chi connectivity index (χ4v) is 1.60. The number of nitrogens with one attached hydrogen (secondary N) is 2. The smallest absolute Gasteiger partial charge is 0.204 e. The van der Waals surface area contributed by atoms with E-state index in [2.05, 4.69) is 20.6 Å². The highest BCUT2D eigenvalue weighted by atomic mass is 19.1. The number of methoxy groups -OCH3 is 1. The fraction of sp³-hybridized carbons (Fsp3) is 0.167. The van der Waals surface area contributed by atoms with E-state index in [1.54, 1.807) is 7.05 Å². The molecular weight excluding hydrogens is 254 g/mol. The third-order valence-electron chi connectivity index (χ3n) is 2.37. The standard InChI is InChI=1S/C12H12F2N4O/c1-15-11-10(19-2)12(17-6-16-11)18-9-4-7(13)3-8(14)5-9/h3-6H,1-2H3,(H2,15,16,17,18). The van der Waals surface area contributed by atoms with Gasteiger partial charge < -0.3 is 15.4 Å². The molecule has 0 amide bonds. The van der Waals surface area contributed by atoms with Crippen LogP contribution in [0.1, 0.15) is 0 Å². The molecule has 2 rings (SSSR count). The summed E-state index contributed by atoms with van der Waals surface area (Å²) in [7, 11) is 3.13. The Balaban J connectivity index is 2.37. The predicted molar refractivity (Wildman–Crippen MR) is 67.8 cm³/mol. The first-order valence-corrected chi connectivity index (χ1v) is 5.44. The van der Waals surface area contributed by atoms with Gasteiger partial charge in [0.05, 0.1) is 7.11 Å². The zero-order valence-corrected chi connectivity index (χ0v) is 10.4. The van der Waals surface area contributed by atoms with Crippen molar-refractivity contribution in [3.8, 4) is 5.75 Å². The lowest BCUT2D eigenvalue weighted by atomic mass is 10.3. The van der Waals surface area contributed by atoms with Crippen LogP contribution in [-0.4, -0.2) is 24.1 Å². The highest BCUT2D eigenvalue weighted by molar-refractivity contribution is 5.69. The number of ether oxygens (including phenoxy) is 1. The van der Waals surface area contributed by atoms with E-state index in [1.165, 1.54) is 13.4 Å². The van der Waals surface area contributed by atoms with Crippen molar-refractivity contribution in [3.05, 3.63) is 36.2 Å². The van der Waals surface area contributed by atoms with Gasteiger partial charge in [0.2, 0.25) is 5.75 Å². The van der Waals surface area contributed by atoms with Crippen molar-refractivity contribution in [2.75, 3.05) is 24.8 Å². The number of rotatable bonds is 4. The molecule has 19 heavy (non-hydrogen) atoms. The molecule has 0 saturated carbocycles. The Hall–Kier alpha value is -2.44. The number of aromatic nitrogens is 2. The molecule has 0 radical (unpaired) electrons. The van der Waals surface area contributed by atoms with Gasteiger partial charge in [-0.15, -0.1) is 0 Å². The van der Waals surface area contributed by atoms with Crippen molar-refractivity contribution < 1.29 is 13.5 Å². The number of benzene rings is 1. The van der Waals surface area contributed by atoms with Crippen LogP contribution in [0, 0.1) is 11.6 Å². The second kappa shape index (κ2) is 5.47. The minimum absolute atomic E-state index is 0.233. The zero-order valence-electron chi connectivity index (χ0n) is 10.4. The Labute approximate surface area is 108 Å². The number of nitrogens with zero attached hydrogens (tertiary/aromatic N) is 2. The Morgan fingerprint density at radius 1 is 1.05 bits per heavy atom. The quantitative estimate of drug-likeness (QED) is 0.890. The SMILES string of the molecule is CNc1ncnc(Nc2cc(F)cc(F)c2)c1OC. The molecule has 1 aromatic heterocycles. The van der Waals surface area contributed by atoms with E-state index in [-0.39, 0.29) is 5.69 Å². The van der Waals surface area contributed by atoms with E-state index in [0.29, 0.717) is 17.4 Å². The summed E-state index contributed by atoms with van der Waals surface area (Å²) < 4.78 is 31.4. The van der Waals surface area contributed by atoms with Gasteiger partial charge in [0.1, 0.15) is 18.0 Å². The first kappa shape index (κ1) is 13.0. The summed E-state index contributed by atoms with van der Waals surface area (Å²) in [5.74, 6) is -0.216. The van der Waals surface area contributed by atoms with E-state index in [9.17, 15) is 8.78 Å². The maximum Gasteiger partial charge on any atom is 0.204 e. The van der Waals surface area contributed by atoms with Crippen molar-refractivity contribution in [1.29, 1.82) is 0 Å². The molecule has 5 nitrogen and oxygen atoms in total. The van der Waals surface area contributed by atoms with Crippen molar-refractivity contribution in [1.82, 2.24) is 9.97 Å². The first-order valence-electron chi connectivity index (χ1n) is 5.44. The molecule has 7 heteroatoms. The largest absolute Gasteiger partial charge is 0.490 e. The van der Waals surface area contributed by atoms with Crippen LogP contribution in [0.25, 0.3) is 0 Å². The number of hydrogen-bond donors (Lipinski definition) is 2. The minimum Gasteiger partial charge on any atom is -0.490 e. The molecule has 0 aliphatic rings. The average Bonchev–Trinajstić information content (AvgIpc) is 2.37.